The van der Waals surface area contributed by atoms with Crippen molar-refractivity contribution in [3.63, 3.8) is 0 Å². The van der Waals surface area contributed by atoms with Gasteiger partial charge in [0, 0.05) is 17.1 Å². The van der Waals surface area contributed by atoms with Gasteiger partial charge in [-0.2, -0.15) is 9.41 Å². The van der Waals surface area contributed by atoms with E-state index in [1.54, 1.807) is 18.2 Å². The molecule has 0 unspecified atom stereocenters. The van der Waals surface area contributed by atoms with Crippen molar-refractivity contribution in [2.24, 2.45) is 5.10 Å². The number of aromatic carboxylic acids is 1. The van der Waals surface area contributed by atoms with E-state index in [0.29, 0.717) is 16.1 Å². The molecule has 0 atom stereocenters. The number of carbonyl (C=O) groups is 2. The molecule has 0 bridgehead atoms. The van der Waals surface area contributed by atoms with E-state index in [2.05, 4.69) is 10.5 Å². The smallest absolute Gasteiger partial charge is 0.336 e. The molecule has 0 aliphatic carbocycles. The fourth-order valence-electron chi connectivity index (χ4n) is 3.17. The van der Waals surface area contributed by atoms with Gasteiger partial charge in [-0.25, -0.2) is 18.6 Å². The van der Waals surface area contributed by atoms with Crippen LogP contribution in [-0.4, -0.2) is 42.5 Å². The lowest BCUT2D eigenvalue weighted by molar-refractivity contribution is -0.121. The van der Waals surface area contributed by atoms with Gasteiger partial charge in [0.15, 0.2) is 0 Å². The van der Waals surface area contributed by atoms with Gasteiger partial charge in [-0.3, -0.25) is 4.79 Å². The fraction of sp³-hybridized carbons (Fsp3) is 0.125. The number of aryl methyl sites for hydroxylation is 1. The zero-order valence-corrected chi connectivity index (χ0v) is 19.8. The quantitative estimate of drug-likeness (QED) is 0.344. The first-order valence-electron chi connectivity index (χ1n) is 10.1. The molecule has 0 aliphatic heterocycles. The number of halogens is 1. The number of amides is 1. The highest BCUT2D eigenvalue weighted by molar-refractivity contribution is 7.89. The molecular formula is C24H22ClN3O5S. The van der Waals surface area contributed by atoms with Crippen LogP contribution in [0.15, 0.2) is 82.8 Å². The van der Waals surface area contributed by atoms with Crippen LogP contribution in [0.2, 0.25) is 5.02 Å². The number of carboxylic acids is 1. The Bertz CT molecular complexity index is 1320. The Hall–Kier alpha value is -3.53. The van der Waals surface area contributed by atoms with Crippen molar-refractivity contribution in [2.75, 3.05) is 6.54 Å². The summed E-state index contributed by atoms with van der Waals surface area (Å²) in [6.45, 7) is 1.35. The first-order valence-corrected chi connectivity index (χ1v) is 11.9. The van der Waals surface area contributed by atoms with Crippen molar-refractivity contribution < 1.29 is 23.1 Å². The van der Waals surface area contributed by atoms with Crippen LogP contribution in [0.4, 0.5) is 0 Å². The third kappa shape index (κ3) is 6.50. The molecule has 3 aromatic carbocycles. The molecule has 2 N–H and O–H groups in total. The van der Waals surface area contributed by atoms with Crippen LogP contribution in [0.1, 0.15) is 27.0 Å². The highest BCUT2D eigenvalue weighted by Crippen LogP contribution is 2.21. The first kappa shape index (κ1) is 25.1. The van der Waals surface area contributed by atoms with Gasteiger partial charge in [0.1, 0.15) is 0 Å². The van der Waals surface area contributed by atoms with E-state index in [4.69, 9.17) is 11.6 Å². The Labute approximate surface area is 202 Å². The van der Waals surface area contributed by atoms with Gasteiger partial charge in [0.25, 0.3) is 5.91 Å². The van der Waals surface area contributed by atoms with Crippen LogP contribution in [0.3, 0.4) is 0 Å². The maximum Gasteiger partial charge on any atom is 0.336 e. The number of rotatable bonds is 9. The number of carbonyl (C=O) groups excluding carboxylic acids is 1. The predicted molar refractivity (Wildman–Crippen MR) is 129 cm³/mol. The molecule has 0 fully saturated rings. The molecule has 0 spiro atoms. The molecule has 0 heterocycles. The van der Waals surface area contributed by atoms with Gasteiger partial charge in [-0.05, 0) is 42.8 Å². The molecule has 0 radical (unpaired) electrons. The maximum absolute atomic E-state index is 13.3. The molecule has 0 saturated carbocycles. The third-order valence-electron chi connectivity index (χ3n) is 4.80. The number of hydrazone groups is 1. The lowest BCUT2D eigenvalue weighted by Crippen LogP contribution is -2.39. The second-order valence-electron chi connectivity index (χ2n) is 7.40. The summed E-state index contributed by atoms with van der Waals surface area (Å²) in [4.78, 5) is 23.9. The minimum Gasteiger partial charge on any atom is -0.478 e. The topological polar surface area (TPSA) is 116 Å². The van der Waals surface area contributed by atoms with Crippen LogP contribution < -0.4 is 5.43 Å². The Morgan fingerprint density at radius 1 is 1.06 bits per heavy atom. The summed E-state index contributed by atoms with van der Waals surface area (Å²) >= 11 is 5.89. The van der Waals surface area contributed by atoms with Gasteiger partial charge in [0.2, 0.25) is 10.0 Å². The van der Waals surface area contributed by atoms with Crippen LogP contribution in [0, 0.1) is 6.92 Å². The number of hydrogen-bond acceptors (Lipinski definition) is 5. The zero-order valence-electron chi connectivity index (χ0n) is 18.2. The molecule has 0 aromatic heterocycles. The van der Waals surface area contributed by atoms with E-state index in [-0.39, 0.29) is 17.0 Å². The van der Waals surface area contributed by atoms with E-state index < -0.39 is 28.4 Å². The Kier molecular flexibility index (Phi) is 8.17. The Balaban J connectivity index is 1.81. The minimum absolute atomic E-state index is 0.00348. The number of sulfonamides is 1. The number of carboxylic acid groups (broad SMARTS) is 1. The highest BCUT2D eigenvalue weighted by atomic mass is 35.5. The van der Waals surface area contributed by atoms with Crippen LogP contribution in [-0.2, 0) is 21.4 Å². The molecule has 0 aliphatic rings. The maximum atomic E-state index is 13.3. The van der Waals surface area contributed by atoms with Crippen molar-refractivity contribution in [1.82, 2.24) is 9.73 Å². The molecule has 1 amide bonds. The standard InChI is InChI=1S/C24H22ClN3O5S/c1-17-5-4-6-18(13-17)15-28(34(32,33)21-11-9-20(25)10-12-21)16-23(29)27-26-14-19-7-2-3-8-22(19)24(30)31/h2-14H,15-16H2,1H3,(H,27,29)(H,30,31)/b26-14-. The van der Waals surface area contributed by atoms with E-state index in [1.807, 2.05) is 25.1 Å². The number of hydrogen-bond donors (Lipinski definition) is 2. The van der Waals surface area contributed by atoms with Crippen LogP contribution in [0.5, 0.6) is 0 Å². The largest absolute Gasteiger partial charge is 0.478 e. The molecule has 176 valence electrons. The van der Waals surface area contributed by atoms with Gasteiger partial charge in [-0.15, -0.1) is 0 Å². The summed E-state index contributed by atoms with van der Waals surface area (Å²) in [6.07, 6.45) is 1.19. The Morgan fingerprint density at radius 2 is 1.76 bits per heavy atom. The van der Waals surface area contributed by atoms with Crippen LogP contribution >= 0.6 is 11.6 Å². The monoisotopic (exact) mass is 499 g/mol. The van der Waals surface area contributed by atoms with Gasteiger partial charge >= 0.3 is 5.97 Å². The fourth-order valence-corrected chi connectivity index (χ4v) is 4.68. The number of nitrogens with zero attached hydrogens (tertiary/aromatic N) is 2. The van der Waals surface area contributed by atoms with Gasteiger partial charge in [-0.1, -0.05) is 59.6 Å². The normalized spacial score (nSPS) is 11.6. The summed E-state index contributed by atoms with van der Waals surface area (Å²) in [5.41, 5.74) is 4.24. The molecule has 10 heteroatoms. The van der Waals surface area contributed by atoms with Crippen molar-refractivity contribution in [1.29, 1.82) is 0 Å². The van der Waals surface area contributed by atoms with Crippen molar-refractivity contribution in [2.45, 2.75) is 18.4 Å². The van der Waals surface area contributed by atoms with E-state index in [9.17, 15) is 23.1 Å². The van der Waals surface area contributed by atoms with E-state index in [0.717, 1.165) is 9.87 Å². The molecule has 34 heavy (non-hydrogen) atoms. The van der Waals surface area contributed by atoms with E-state index in [1.165, 1.54) is 42.6 Å². The number of nitrogens with one attached hydrogen (secondary N) is 1. The molecule has 8 nitrogen and oxygen atoms in total. The Morgan fingerprint density at radius 3 is 2.44 bits per heavy atom. The SMILES string of the molecule is Cc1cccc(CN(CC(=O)N/N=C\c2ccccc2C(=O)O)S(=O)(=O)c2ccc(Cl)cc2)c1. The molecule has 0 saturated heterocycles. The molecule has 3 rings (SSSR count). The second-order valence-corrected chi connectivity index (χ2v) is 9.78. The summed E-state index contributed by atoms with van der Waals surface area (Å²) in [5, 5.41) is 13.4. The van der Waals surface area contributed by atoms with E-state index >= 15 is 0 Å². The first-order chi connectivity index (χ1) is 16.2. The number of benzene rings is 3. The van der Waals surface area contributed by atoms with Crippen molar-refractivity contribution in [3.05, 3.63) is 100 Å². The lowest BCUT2D eigenvalue weighted by Gasteiger charge is -2.21. The minimum atomic E-state index is -4.03. The summed E-state index contributed by atoms with van der Waals surface area (Å²) in [6, 6.07) is 19.1. The summed E-state index contributed by atoms with van der Waals surface area (Å²) in [5.74, 6) is -1.82. The van der Waals surface area contributed by atoms with Gasteiger partial charge < -0.3 is 5.11 Å². The van der Waals surface area contributed by atoms with Crippen molar-refractivity contribution in [3.8, 4) is 0 Å². The average Bonchev–Trinajstić information content (AvgIpc) is 2.79. The zero-order chi connectivity index (χ0) is 24.7. The lowest BCUT2D eigenvalue weighted by atomic mass is 10.1. The molecule has 3 aromatic rings. The summed E-state index contributed by atoms with van der Waals surface area (Å²) in [7, 11) is -4.03. The third-order valence-corrected chi connectivity index (χ3v) is 6.85. The van der Waals surface area contributed by atoms with Crippen molar-refractivity contribution >= 4 is 39.7 Å². The highest BCUT2D eigenvalue weighted by Gasteiger charge is 2.27. The molecular weight excluding hydrogens is 478 g/mol. The van der Waals surface area contributed by atoms with Crippen LogP contribution in [0.25, 0.3) is 0 Å². The van der Waals surface area contributed by atoms with Gasteiger partial charge in [0.05, 0.1) is 23.2 Å². The average molecular weight is 500 g/mol. The second kappa shape index (κ2) is 11.1. The summed E-state index contributed by atoms with van der Waals surface area (Å²) < 4.78 is 27.6. The predicted octanol–water partition coefficient (Wildman–Crippen LogP) is 3.69.